The van der Waals surface area contributed by atoms with Crippen LogP contribution >= 0.6 is 0 Å². The first-order valence-corrected chi connectivity index (χ1v) is 6.66. The molecule has 1 heterocycles. The summed E-state index contributed by atoms with van der Waals surface area (Å²) in [7, 11) is 0. The van der Waals surface area contributed by atoms with Gasteiger partial charge in [-0.1, -0.05) is 24.3 Å². The quantitative estimate of drug-likeness (QED) is 0.647. The van der Waals surface area contributed by atoms with E-state index in [4.69, 9.17) is 9.83 Å². The van der Waals surface area contributed by atoms with Gasteiger partial charge in [0.05, 0.1) is 5.56 Å². The van der Waals surface area contributed by atoms with Crippen LogP contribution in [0, 0.1) is 5.41 Å². The normalized spacial score (nSPS) is 10.7. The lowest BCUT2D eigenvalue weighted by Gasteiger charge is -2.05. The summed E-state index contributed by atoms with van der Waals surface area (Å²) >= 11 is 0. The van der Waals surface area contributed by atoms with E-state index < -0.39 is 0 Å². The number of para-hydroxylation sites is 1. The van der Waals surface area contributed by atoms with Gasteiger partial charge in [-0.05, 0) is 29.8 Å². The minimum atomic E-state index is -0.292. The van der Waals surface area contributed by atoms with E-state index in [9.17, 15) is 15.0 Å². The largest absolute Gasteiger partial charge is 0.508 e. The second-order valence-corrected chi connectivity index (χ2v) is 4.95. The Kier molecular flexibility index (Phi) is 3.39. The number of phenolic OH excluding ortho intramolecular Hbond substituents is 2. The highest BCUT2D eigenvalue weighted by Crippen LogP contribution is 2.23. The minimum absolute atomic E-state index is 0.0557. The molecule has 0 atom stereocenters. The molecule has 0 aliphatic heterocycles. The van der Waals surface area contributed by atoms with Crippen molar-refractivity contribution in [2.45, 2.75) is 6.42 Å². The third-order valence-electron chi connectivity index (χ3n) is 3.35. The molecule has 110 valence electrons. The van der Waals surface area contributed by atoms with Crippen molar-refractivity contribution in [3.05, 3.63) is 65.2 Å². The molecule has 0 unspecified atom stereocenters. The van der Waals surface area contributed by atoms with Crippen LogP contribution in [0.2, 0.25) is 0 Å². The van der Waals surface area contributed by atoms with Gasteiger partial charge in [0.15, 0.2) is 17.1 Å². The van der Waals surface area contributed by atoms with E-state index in [1.807, 2.05) is 0 Å². The predicted octanol–water partition coefficient (Wildman–Crippen LogP) is 2.75. The summed E-state index contributed by atoms with van der Waals surface area (Å²) in [4.78, 5) is 12.4. The molecule has 0 fully saturated rings. The van der Waals surface area contributed by atoms with E-state index in [1.165, 1.54) is 24.3 Å². The van der Waals surface area contributed by atoms with Gasteiger partial charge >= 0.3 is 0 Å². The highest BCUT2D eigenvalue weighted by atomic mass is 16.4. The number of hydrogen-bond donors (Lipinski definition) is 3. The maximum atomic E-state index is 12.4. The molecule has 5 heteroatoms. The number of phenols is 2. The Morgan fingerprint density at radius 3 is 2.64 bits per heavy atom. The molecule has 0 bridgehead atoms. The van der Waals surface area contributed by atoms with Crippen molar-refractivity contribution in [1.82, 2.24) is 0 Å². The van der Waals surface area contributed by atoms with Gasteiger partial charge < -0.3 is 14.6 Å². The predicted molar refractivity (Wildman–Crippen MR) is 79.9 cm³/mol. The first kappa shape index (κ1) is 13.9. The van der Waals surface area contributed by atoms with Crippen molar-refractivity contribution in [1.29, 1.82) is 5.41 Å². The van der Waals surface area contributed by atoms with E-state index in [0.717, 1.165) is 0 Å². The number of rotatable bonds is 3. The lowest BCUT2D eigenvalue weighted by molar-refractivity contribution is 0.0989. The Balaban J connectivity index is 2.01. The minimum Gasteiger partial charge on any atom is -0.508 e. The Hall–Kier alpha value is -3.08. The maximum absolute atomic E-state index is 12.4. The molecule has 0 radical (unpaired) electrons. The van der Waals surface area contributed by atoms with Crippen LogP contribution < -0.4 is 5.55 Å². The summed E-state index contributed by atoms with van der Waals surface area (Å²) in [5.41, 5.74) is 0.683. The van der Waals surface area contributed by atoms with Crippen molar-refractivity contribution in [2.75, 3.05) is 0 Å². The average Bonchev–Trinajstić information content (AvgIpc) is 2.47. The van der Waals surface area contributed by atoms with E-state index in [1.54, 1.807) is 24.3 Å². The molecule has 0 aliphatic carbocycles. The molecule has 1 aromatic heterocycles. The van der Waals surface area contributed by atoms with Gasteiger partial charge in [0, 0.05) is 11.8 Å². The Morgan fingerprint density at radius 1 is 1.09 bits per heavy atom. The SMILES string of the molecule is N=c1oc2c(O)cccc2cc1C(=O)Cc1cccc(O)c1. The zero-order chi connectivity index (χ0) is 15.7. The number of carbonyl (C=O) groups excluding carboxylic acids is 1. The zero-order valence-electron chi connectivity index (χ0n) is 11.5. The van der Waals surface area contributed by atoms with Gasteiger partial charge in [-0.3, -0.25) is 10.2 Å². The van der Waals surface area contributed by atoms with Crippen LogP contribution in [-0.2, 0) is 6.42 Å². The molecule has 0 saturated carbocycles. The monoisotopic (exact) mass is 295 g/mol. The van der Waals surface area contributed by atoms with Crippen molar-refractivity contribution in [3.8, 4) is 11.5 Å². The van der Waals surface area contributed by atoms with Gasteiger partial charge in [0.2, 0.25) is 5.55 Å². The van der Waals surface area contributed by atoms with Crippen LogP contribution in [0.5, 0.6) is 11.5 Å². The molecule has 0 saturated heterocycles. The van der Waals surface area contributed by atoms with Gasteiger partial charge in [-0.15, -0.1) is 0 Å². The van der Waals surface area contributed by atoms with E-state index >= 15 is 0 Å². The number of fused-ring (bicyclic) bond motifs is 1. The lowest BCUT2D eigenvalue weighted by atomic mass is 10.0. The topological polar surface area (TPSA) is 94.5 Å². The van der Waals surface area contributed by atoms with Gasteiger partial charge in [0.25, 0.3) is 0 Å². The van der Waals surface area contributed by atoms with Crippen LogP contribution in [0.25, 0.3) is 11.0 Å². The summed E-state index contributed by atoms with van der Waals surface area (Å²) in [5, 5.41) is 27.5. The molecule has 3 rings (SSSR count). The molecule has 0 spiro atoms. The van der Waals surface area contributed by atoms with Crippen LogP contribution in [0.15, 0.2) is 52.9 Å². The lowest BCUT2D eigenvalue weighted by Crippen LogP contribution is -2.16. The van der Waals surface area contributed by atoms with Crippen LogP contribution in [-0.4, -0.2) is 16.0 Å². The summed E-state index contributed by atoms with van der Waals surface area (Å²) < 4.78 is 5.25. The second-order valence-electron chi connectivity index (χ2n) is 4.95. The Bertz CT molecular complexity index is 927. The number of benzene rings is 2. The van der Waals surface area contributed by atoms with Gasteiger partial charge in [-0.2, -0.15) is 0 Å². The average molecular weight is 295 g/mol. The Morgan fingerprint density at radius 2 is 1.86 bits per heavy atom. The maximum Gasteiger partial charge on any atom is 0.223 e. The van der Waals surface area contributed by atoms with E-state index in [0.29, 0.717) is 10.9 Å². The fraction of sp³-hybridized carbons (Fsp3) is 0.0588. The second kappa shape index (κ2) is 5.37. The molecule has 0 aliphatic rings. The van der Waals surface area contributed by atoms with Crippen molar-refractivity contribution < 1.29 is 19.4 Å². The molecule has 3 N–H and O–H groups in total. The molecule has 2 aromatic carbocycles. The molecule has 3 aromatic rings. The fourth-order valence-electron chi connectivity index (χ4n) is 2.30. The van der Waals surface area contributed by atoms with E-state index in [2.05, 4.69) is 0 Å². The highest BCUT2D eigenvalue weighted by Gasteiger charge is 2.14. The van der Waals surface area contributed by atoms with Crippen LogP contribution in [0.1, 0.15) is 15.9 Å². The molecular weight excluding hydrogens is 282 g/mol. The molecule has 5 nitrogen and oxygen atoms in total. The summed E-state index contributed by atoms with van der Waals surface area (Å²) in [6, 6.07) is 12.7. The number of hydrogen-bond acceptors (Lipinski definition) is 5. The highest BCUT2D eigenvalue weighted by molar-refractivity contribution is 5.99. The number of ketones is 1. The van der Waals surface area contributed by atoms with Gasteiger partial charge in [-0.25, -0.2) is 0 Å². The number of Topliss-reactive ketones (excluding diaryl/α,β-unsaturated/α-hetero) is 1. The zero-order valence-corrected chi connectivity index (χ0v) is 11.5. The van der Waals surface area contributed by atoms with Crippen LogP contribution in [0.4, 0.5) is 0 Å². The van der Waals surface area contributed by atoms with Crippen LogP contribution in [0.3, 0.4) is 0 Å². The number of aromatic hydroxyl groups is 2. The third kappa shape index (κ3) is 2.56. The number of nitrogens with one attached hydrogen (secondary N) is 1. The summed E-state index contributed by atoms with van der Waals surface area (Å²) in [5.74, 6) is -0.271. The smallest absolute Gasteiger partial charge is 0.223 e. The standard InChI is InChI=1S/C17H13NO4/c18-17-13(9-11-4-2-6-14(20)16(11)22-17)15(21)8-10-3-1-5-12(19)7-10/h1-7,9,18-20H,8H2. The molecular formula is C17H13NO4. The molecule has 22 heavy (non-hydrogen) atoms. The summed E-state index contributed by atoms with van der Waals surface area (Å²) in [6.07, 6.45) is 0.0557. The van der Waals surface area contributed by atoms with Crippen molar-refractivity contribution >= 4 is 16.8 Å². The number of carbonyl (C=O) groups is 1. The first-order chi connectivity index (χ1) is 10.5. The van der Waals surface area contributed by atoms with Crippen molar-refractivity contribution in [3.63, 3.8) is 0 Å². The van der Waals surface area contributed by atoms with Gasteiger partial charge in [0.1, 0.15) is 5.75 Å². The summed E-state index contributed by atoms with van der Waals surface area (Å²) in [6.45, 7) is 0. The third-order valence-corrected chi connectivity index (χ3v) is 3.35. The van der Waals surface area contributed by atoms with E-state index in [-0.39, 0.29) is 40.4 Å². The Labute approximate surface area is 125 Å². The first-order valence-electron chi connectivity index (χ1n) is 6.66. The molecule has 0 amide bonds. The van der Waals surface area contributed by atoms with Crippen molar-refractivity contribution in [2.24, 2.45) is 0 Å². The fourth-order valence-corrected chi connectivity index (χ4v) is 2.30.